The molecular weight excluding hydrogens is 204 g/mol. The fourth-order valence-corrected chi connectivity index (χ4v) is 4.43. The SMILES string of the molecule is CCN1CCCC2(CC1)NCCC(C)S2. The fourth-order valence-electron chi connectivity index (χ4n) is 2.76. The lowest BCUT2D eigenvalue weighted by Gasteiger charge is -2.40. The molecule has 2 nitrogen and oxygen atoms in total. The Morgan fingerprint density at radius 3 is 3.00 bits per heavy atom. The summed E-state index contributed by atoms with van der Waals surface area (Å²) in [5, 5.41) is 4.63. The maximum absolute atomic E-state index is 3.79. The van der Waals surface area contributed by atoms with Crippen molar-refractivity contribution in [1.82, 2.24) is 10.2 Å². The van der Waals surface area contributed by atoms with Crippen LogP contribution < -0.4 is 5.32 Å². The van der Waals surface area contributed by atoms with Crippen molar-refractivity contribution in [1.29, 1.82) is 0 Å². The Morgan fingerprint density at radius 2 is 2.27 bits per heavy atom. The Labute approximate surface area is 98.2 Å². The van der Waals surface area contributed by atoms with Crippen molar-refractivity contribution in [2.24, 2.45) is 0 Å². The highest BCUT2D eigenvalue weighted by atomic mass is 32.2. The van der Waals surface area contributed by atoms with Gasteiger partial charge in [-0.05, 0) is 45.3 Å². The fraction of sp³-hybridized carbons (Fsp3) is 1.00. The van der Waals surface area contributed by atoms with Crippen molar-refractivity contribution >= 4 is 11.8 Å². The molecule has 0 aromatic carbocycles. The van der Waals surface area contributed by atoms with Crippen LogP contribution in [-0.4, -0.2) is 41.2 Å². The summed E-state index contributed by atoms with van der Waals surface area (Å²) in [6.45, 7) is 9.69. The summed E-state index contributed by atoms with van der Waals surface area (Å²) in [5.41, 5.74) is 0. The molecule has 0 radical (unpaired) electrons. The molecule has 2 aliphatic heterocycles. The second-order valence-corrected chi connectivity index (χ2v) is 6.75. The maximum Gasteiger partial charge on any atom is 0.0660 e. The topological polar surface area (TPSA) is 15.3 Å². The van der Waals surface area contributed by atoms with Crippen LogP contribution in [0.15, 0.2) is 0 Å². The zero-order valence-corrected chi connectivity index (χ0v) is 10.9. The van der Waals surface area contributed by atoms with E-state index in [4.69, 9.17) is 0 Å². The van der Waals surface area contributed by atoms with E-state index in [0.29, 0.717) is 4.87 Å². The van der Waals surface area contributed by atoms with Crippen molar-refractivity contribution in [3.05, 3.63) is 0 Å². The third-order valence-electron chi connectivity index (χ3n) is 3.76. The van der Waals surface area contributed by atoms with Crippen molar-refractivity contribution < 1.29 is 0 Å². The van der Waals surface area contributed by atoms with Crippen LogP contribution in [0, 0.1) is 0 Å². The molecule has 0 saturated carbocycles. The van der Waals surface area contributed by atoms with Crippen molar-refractivity contribution in [2.45, 2.75) is 49.7 Å². The highest BCUT2D eigenvalue weighted by molar-refractivity contribution is 8.01. The highest BCUT2D eigenvalue weighted by Crippen LogP contribution is 2.39. The number of nitrogens with one attached hydrogen (secondary N) is 1. The number of nitrogens with zero attached hydrogens (tertiary/aromatic N) is 1. The first-order valence-electron chi connectivity index (χ1n) is 6.39. The summed E-state index contributed by atoms with van der Waals surface area (Å²) >= 11 is 2.20. The van der Waals surface area contributed by atoms with Gasteiger partial charge < -0.3 is 10.2 Å². The lowest BCUT2D eigenvalue weighted by molar-refractivity contribution is 0.293. The Balaban J connectivity index is 1.96. The molecule has 2 saturated heterocycles. The molecule has 0 aromatic rings. The minimum atomic E-state index is 0.418. The normalized spacial score (nSPS) is 39.2. The summed E-state index contributed by atoms with van der Waals surface area (Å²) in [5.74, 6) is 0. The second kappa shape index (κ2) is 5.07. The van der Waals surface area contributed by atoms with Gasteiger partial charge in [-0.3, -0.25) is 0 Å². The summed E-state index contributed by atoms with van der Waals surface area (Å²) < 4.78 is 0. The monoisotopic (exact) mass is 228 g/mol. The van der Waals surface area contributed by atoms with Gasteiger partial charge >= 0.3 is 0 Å². The van der Waals surface area contributed by atoms with Gasteiger partial charge in [0.05, 0.1) is 4.87 Å². The highest BCUT2D eigenvalue weighted by Gasteiger charge is 2.36. The molecule has 1 N–H and O–H groups in total. The van der Waals surface area contributed by atoms with Crippen LogP contribution in [0.4, 0.5) is 0 Å². The van der Waals surface area contributed by atoms with Gasteiger partial charge in [0.1, 0.15) is 0 Å². The van der Waals surface area contributed by atoms with E-state index in [-0.39, 0.29) is 0 Å². The molecule has 0 bridgehead atoms. The van der Waals surface area contributed by atoms with Crippen LogP contribution in [0.5, 0.6) is 0 Å². The largest absolute Gasteiger partial charge is 0.304 e. The number of hydrogen-bond acceptors (Lipinski definition) is 3. The predicted octanol–water partition coefficient (Wildman–Crippen LogP) is 2.30. The number of thioether (sulfide) groups is 1. The molecule has 2 heterocycles. The summed E-state index contributed by atoms with van der Waals surface area (Å²) in [6, 6.07) is 0. The standard InChI is InChI=1S/C12H24N2S/c1-3-14-9-4-6-12(7-10-14)13-8-5-11(2)15-12/h11,13H,3-10H2,1-2H3. The quantitative estimate of drug-likeness (QED) is 0.741. The smallest absolute Gasteiger partial charge is 0.0660 e. The van der Waals surface area contributed by atoms with Crippen molar-refractivity contribution in [2.75, 3.05) is 26.2 Å². The molecule has 0 aromatic heterocycles. The van der Waals surface area contributed by atoms with Crippen molar-refractivity contribution in [3.63, 3.8) is 0 Å². The van der Waals surface area contributed by atoms with Gasteiger partial charge in [0.25, 0.3) is 0 Å². The van der Waals surface area contributed by atoms with Crippen molar-refractivity contribution in [3.8, 4) is 0 Å². The van der Waals surface area contributed by atoms with Gasteiger partial charge in [-0.1, -0.05) is 13.8 Å². The van der Waals surface area contributed by atoms with Crippen LogP contribution in [0.3, 0.4) is 0 Å². The Hall–Kier alpha value is 0.270. The van der Waals surface area contributed by atoms with Gasteiger partial charge in [-0.2, -0.15) is 0 Å². The van der Waals surface area contributed by atoms with Gasteiger partial charge in [0.2, 0.25) is 0 Å². The lowest BCUT2D eigenvalue weighted by Crippen LogP contribution is -2.48. The minimum Gasteiger partial charge on any atom is -0.304 e. The third kappa shape index (κ3) is 2.89. The van der Waals surface area contributed by atoms with Crippen LogP contribution in [-0.2, 0) is 0 Å². The molecule has 1 spiro atoms. The van der Waals surface area contributed by atoms with Gasteiger partial charge in [-0.25, -0.2) is 0 Å². The molecule has 3 heteroatoms. The number of likely N-dealkylation sites (tertiary alicyclic amines) is 1. The molecule has 88 valence electrons. The summed E-state index contributed by atoms with van der Waals surface area (Å²) in [7, 11) is 0. The van der Waals surface area contributed by atoms with Gasteiger partial charge in [0.15, 0.2) is 0 Å². The van der Waals surface area contributed by atoms with Gasteiger partial charge in [-0.15, -0.1) is 11.8 Å². The molecular formula is C12H24N2S. The van der Waals surface area contributed by atoms with Crippen LogP contribution in [0.2, 0.25) is 0 Å². The van der Waals surface area contributed by atoms with E-state index >= 15 is 0 Å². The molecule has 15 heavy (non-hydrogen) atoms. The van der Waals surface area contributed by atoms with E-state index in [1.54, 1.807) is 0 Å². The molecule has 2 aliphatic rings. The second-order valence-electron chi connectivity index (χ2n) is 4.93. The van der Waals surface area contributed by atoms with E-state index in [1.807, 2.05) is 0 Å². The minimum absolute atomic E-state index is 0.418. The lowest BCUT2D eigenvalue weighted by atomic mass is 10.1. The zero-order chi connectivity index (χ0) is 10.7. The van der Waals surface area contributed by atoms with Crippen LogP contribution in [0.25, 0.3) is 0 Å². The number of hydrogen-bond donors (Lipinski definition) is 1. The maximum atomic E-state index is 3.79. The van der Waals surface area contributed by atoms with E-state index in [0.717, 1.165) is 5.25 Å². The molecule has 0 amide bonds. The molecule has 0 aliphatic carbocycles. The average molecular weight is 228 g/mol. The Bertz CT molecular complexity index is 210. The molecule has 2 atom stereocenters. The predicted molar refractivity (Wildman–Crippen MR) is 68.4 cm³/mol. The van der Waals surface area contributed by atoms with Crippen LogP contribution in [0.1, 0.15) is 39.5 Å². The third-order valence-corrected chi connectivity index (χ3v) is 5.40. The number of rotatable bonds is 1. The summed E-state index contributed by atoms with van der Waals surface area (Å²) in [6.07, 6.45) is 5.39. The van der Waals surface area contributed by atoms with Gasteiger partial charge in [0, 0.05) is 11.8 Å². The van der Waals surface area contributed by atoms with E-state index in [2.05, 4.69) is 35.8 Å². The average Bonchev–Trinajstić information content (AvgIpc) is 2.41. The van der Waals surface area contributed by atoms with E-state index in [1.165, 1.54) is 51.9 Å². The molecule has 2 rings (SSSR count). The molecule has 2 fully saturated rings. The molecule has 2 unspecified atom stereocenters. The Kier molecular flexibility index (Phi) is 3.97. The zero-order valence-electron chi connectivity index (χ0n) is 10.1. The first-order chi connectivity index (χ1) is 7.24. The first kappa shape index (κ1) is 11.7. The Morgan fingerprint density at radius 1 is 1.40 bits per heavy atom. The van der Waals surface area contributed by atoms with Crippen LogP contribution >= 0.6 is 11.8 Å². The summed E-state index contributed by atoms with van der Waals surface area (Å²) in [4.78, 5) is 3.01. The van der Waals surface area contributed by atoms with E-state index in [9.17, 15) is 0 Å². The first-order valence-corrected chi connectivity index (χ1v) is 7.27. The van der Waals surface area contributed by atoms with E-state index < -0.39 is 0 Å².